The minimum absolute atomic E-state index is 0.118. The van der Waals surface area contributed by atoms with Gasteiger partial charge in [-0.3, -0.25) is 0 Å². The number of anilines is 1. The zero-order chi connectivity index (χ0) is 15.6. The smallest absolute Gasteiger partial charge is 0.410 e. The molecule has 1 atom stereocenters. The monoisotopic (exact) mass is 312 g/mol. The van der Waals surface area contributed by atoms with Gasteiger partial charge in [0.1, 0.15) is 5.60 Å². The van der Waals surface area contributed by atoms with Gasteiger partial charge in [-0.15, -0.1) is 0 Å². The SMILES string of the molecule is C[C@H]1CN(C(=O)OC(C)(C)C)CCN1c1ncc(Cl)cn1. The lowest BCUT2D eigenvalue weighted by atomic mass is 10.2. The average molecular weight is 313 g/mol. The van der Waals surface area contributed by atoms with E-state index >= 15 is 0 Å². The number of hydrogen-bond donors (Lipinski definition) is 0. The number of nitrogens with zero attached hydrogens (tertiary/aromatic N) is 4. The van der Waals surface area contributed by atoms with Crippen LogP contribution in [-0.4, -0.2) is 52.2 Å². The number of amides is 1. The zero-order valence-electron chi connectivity index (χ0n) is 12.8. The van der Waals surface area contributed by atoms with Crippen LogP contribution in [0.25, 0.3) is 0 Å². The Hall–Kier alpha value is -1.56. The maximum absolute atomic E-state index is 12.1. The molecule has 2 rings (SSSR count). The molecule has 21 heavy (non-hydrogen) atoms. The average Bonchev–Trinajstić information content (AvgIpc) is 2.38. The van der Waals surface area contributed by atoms with E-state index in [1.54, 1.807) is 17.3 Å². The van der Waals surface area contributed by atoms with Crippen LogP contribution in [0.1, 0.15) is 27.7 Å². The first-order chi connectivity index (χ1) is 9.76. The molecule has 0 unspecified atom stereocenters. The van der Waals surface area contributed by atoms with E-state index in [-0.39, 0.29) is 12.1 Å². The summed E-state index contributed by atoms with van der Waals surface area (Å²) in [6.07, 6.45) is 2.89. The minimum Gasteiger partial charge on any atom is -0.444 e. The van der Waals surface area contributed by atoms with Gasteiger partial charge < -0.3 is 14.5 Å². The maximum Gasteiger partial charge on any atom is 0.410 e. The van der Waals surface area contributed by atoms with Crippen molar-refractivity contribution in [2.24, 2.45) is 0 Å². The molecule has 0 spiro atoms. The molecule has 1 aliphatic rings. The molecular formula is C14H21ClN4O2. The molecule has 0 saturated carbocycles. The van der Waals surface area contributed by atoms with Crippen molar-refractivity contribution in [2.45, 2.75) is 39.3 Å². The number of piperazine rings is 1. The predicted octanol–water partition coefficient (Wildman–Crippen LogP) is 2.58. The second kappa shape index (κ2) is 6.05. The lowest BCUT2D eigenvalue weighted by Gasteiger charge is -2.40. The summed E-state index contributed by atoms with van der Waals surface area (Å²) >= 11 is 5.80. The van der Waals surface area contributed by atoms with Crippen LogP contribution in [0, 0.1) is 0 Å². The Balaban J connectivity index is 1.99. The van der Waals surface area contributed by atoms with E-state index in [1.807, 2.05) is 27.7 Å². The van der Waals surface area contributed by atoms with Crippen molar-refractivity contribution in [3.63, 3.8) is 0 Å². The molecule has 1 aromatic rings. The van der Waals surface area contributed by atoms with Gasteiger partial charge in [0.15, 0.2) is 0 Å². The van der Waals surface area contributed by atoms with E-state index in [0.717, 1.165) is 0 Å². The van der Waals surface area contributed by atoms with Crippen molar-refractivity contribution in [3.05, 3.63) is 17.4 Å². The van der Waals surface area contributed by atoms with Gasteiger partial charge in [0.25, 0.3) is 0 Å². The fourth-order valence-corrected chi connectivity index (χ4v) is 2.30. The first kappa shape index (κ1) is 15.8. The number of carbonyl (C=O) groups is 1. The van der Waals surface area contributed by atoms with Crippen molar-refractivity contribution < 1.29 is 9.53 Å². The molecule has 0 bridgehead atoms. The highest BCUT2D eigenvalue weighted by Gasteiger charge is 2.30. The summed E-state index contributed by atoms with van der Waals surface area (Å²) in [5.74, 6) is 0.635. The number of hydrogen-bond acceptors (Lipinski definition) is 5. The van der Waals surface area contributed by atoms with Gasteiger partial charge in [0, 0.05) is 25.7 Å². The second-order valence-electron chi connectivity index (χ2n) is 6.17. The molecule has 1 amide bonds. The fraction of sp³-hybridized carbons (Fsp3) is 0.643. The Labute approximate surface area is 130 Å². The molecule has 1 aromatic heterocycles. The van der Waals surface area contributed by atoms with Crippen LogP contribution in [0.3, 0.4) is 0 Å². The van der Waals surface area contributed by atoms with Gasteiger partial charge in [0.2, 0.25) is 5.95 Å². The molecule has 6 nitrogen and oxygen atoms in total. The van der Waals surface area contributed by atoms with Crippen LogP contribution in [0.5, 0.6) is 0 Å². The van der Waals surface area contributed by atoms with Crippen molar-refractivity contribution in [3.8, 4) is 0 Å². The minimum atomic E-state index is -0.475. The van der Waals surface area contributed by atoms with E-state index in [4.69, 9.17) is 16.3 Å². The molecule has 116 valence electrons. The van der Waals surface area contributed by atoms with Gasteiger partial charge in [-0.25, -0.2) is 14.8 Å². The van der Waals surface area contributed by atoms with Crippen LogP contribution in [0.15, 0.2) is 12.4 Å². The molecule has 0 radical (unpaired) electrons. The Kier molecular flexibility index (Phi) is 4.56. The van der Waals surface area contributed by atoms with E-state index < -0.39 is 5.60 Å². The third-order valence-corrected chi connectivity index (χ3v) is 3.34. The van der Waals surface area contributed by atoms with Gasteiger partial charge >= 0.3 is 6.09 Å². The number of ether oxygens (including phenoxy) is 1. The summed E-state index contributed by atoms with van der Waals surface area (Å²) in [5, 5.41) is 0.513. The highest BCUT2D eigenvalue weighted by atomic mass is 35.5. The maximum atomic E-state index is 12.1. The van der Waals surface area contributed by atoms with Crippen LogP contribution < -0.4 is 4.90 Å². The van der Waals surface area contributed by atoms with E-state index in [0.29, 0.717) is 30.6 Å². The number of halogens is 1. The molecule has 1 aliphatic heterocycles. The molecular weight excluding hydrogens is 292 g/mol. The Morgan fingerprint density at radius 3 is 2.48 bits per heavy atom. The highest BCUT2D eigenvalue weighted by Crippen LogP contribution is 2.19. The summed E-state index contributed by atoms with van der Waals surface area (Å²) in [4.78, 5) is 24.3. The highest BCUT2D eigenvalue weighted by molar-refractivity contribution is 6.30. The Morgan fingerprint density at radius 2 is 1.95 bits per heavy atom. The third-order valence-electron chi connectivity index (χ3n) is 3.14. The number of aromatic nitrogens is 2. The normalized spacial score (nSPS) is 19.6. The molecule has 1 fully saturated rings. The molecule has 7 heteroatoms. The summed E-state index contributed by atoms with van der Waals surface area (Å²) in [5.41, 5.74) is -0.475. The number of carbonyl (C=O) groups excluding carboxylic acids is 1. The Morgan fingerprint density at radius 1 is 1.33 bits per heavy atom. The lowest BCUT2D eigenvalue weighted by molar-refractivity contribution is 0.0218. The first-order valence-corrected chi connectivity index (χ1v) is 7.36. The fourth-order valence-electron chi connectivity index (χ4n) is 2.20. The zero-order valence-corrected chi connectivity index (χ0v) is 13.6. The van der Waals surface area contributed by atoms with E-state index in [2.05, 4.69) is 14.9 Å². The summed E-state index contributed by atoms with van der Waals surface area (Å²) in [6, 6.07) is 0.118. The Bertz CT molecular complexity index is 501. The van der Waals surface area contributed by atoms with Crippen LogP contribution >= 0.6 is 11.6 Å². The quantitative estimate of drug-likeness (QED) is 0.797. The summed E-state index contributed by atoms with van der Waals surface area (Å²) in [7, 11) is 0. The van der Waals surface area contributed by atoms with Gasteiger partial charge in [-0.1, -0.05) is 11.6 Å². The van der Waals surface area contributed by atoms with Gasteiger partial charge in [-0.05, 0) is 27.7 Å². The van der Waals surface area contributed by atoms with Gasteiger partial charge in [0.05, 0.1) is 17.4 Å². The van der Waals surface area contributed by atoms with Crippen molar-refractivity contribution >= 4 is 23.6 Å². The van der Waals surface area contributed by atoms with Crippen molar-refractivity contribution in [1.82, 2.24) is 14.9 Å². The van der Waals surface area contributed by atoms with Crippen molar-refractivity contribution in [1.29, 1.82) is 0 Å². The molecule has 0 N–H and O–H groups in total. The van der Waals surface area contributed by atoms with Crippen LogP contribution in [0.2, 0.25) is 5.02 Å². The molecule has 0 aliphatic carbocycles. The standard InChI is InChI=1S/C14H21ClN4O2/c1-10-9-18(13(20)21-14(2,3)4)5-6-19(10)12-16-7-11(15)8-17-12/h7-8,10H,5-6,9H2,1-4H3/t10-/m0/s1. The van der Waals surface area contributed by atoms with E-state index in [1.165, 1.54) is 0 Å². The van der Waals surface area contributed by atoms with Gasteiger partial charge in [-0.2, -0.15) is 0 Å². The van der Waals surface area contributed by atoms with Crippen LogP contribution in [0.4, 0.5) is 10.7 Å². The number of rotatable bonds is 1. The topological polar surface area (TPSA) is 58.6 Å². The molecule has 1 saturated heterocycles. The summed E-state index contributed by atoms with van der Waals surface area (Å²) < 4.78 is 5.40. The third kappa shape index (κ3) is 4.20. The lowest BCUT2D eigenvalue weighted by Crippen LogP contribution is -2.55. The second-order valence-corrected chi connectivity index (χ2v) is 6.61. The van der Waals surface area contributed by atoms with E-state index in [9.17, 15) is 4.79 Å². The summed E-state index contributed by atoms with van der Waals surface area (Å²) in [6.45, 7) is 9.48. The largest absolute Gasteiger partial charge is 0.444 e. The molecule has 0 aromatic carbocycles. The van der Waals surface area contributed by atoms with Crippen molar-refractivity contribution in [2.75, 3.05) is 24.5 Å². The predicted molar refractivity (Wildman–Crippen MR) is 81.7 cm³/mol. The molecule has 2 heterocycles. The first-order valence-electron chi connectivity index (χ1n) is 6.98. The van der Waals surface area contributed by atoms with Crippen LogP contribution in [-0.2, 0) is 4.74 Å².